The Kier molecular flexibility index (Phi) is 4.64. The highest BCUT2D eigenvalue weighted by Gasteiger charge is 2.35. The van der Waals surface area contributed by atoms with Crippen molar-refractivity contribution in [3.63, 3.8) is 0 Å². The molecular formula is C11H21NO3S. The minimum atomic E-state index is -1.41. The van der Waals surface area contributed by atoms with Crippen molar-refractivity contribution < 1.29 is 14.6 Å². The van der Waals surface area contributed by atoms with E-state index in [1.807, 2.05) is 11.8 Å². The molecule has 0 aliphatic carbocycles. The van der Waals surface area contributed by atoms with E-state index in [0.29, 0.717) is 17.0 Å². The number of nitrogens with zero attached hydrogens (tertiary/aromatic N) is 1. The summed E-state index contributed by atoms with van der Waals surface area (Å²) in [5.41, 5.74) is -1.41. The second-order valence-corrected chi connectivity index (χ2v) is 6.60. The molecule has 3 unspecified atom stereocenters. The minimum absolute atomic E-state index is 0.342. The predicted molar refractivity (Wildman–Crippen MR) is 65.6 cm³/mol. The maximum Gasteiger partial charge on any atom is 0.338 e. The van der Waals surface area contributed by atoms with Crippen LogP contribution in [0.3, 0.4) is 0 Å². The van der Waals surface area contributed by atoms with Gasteiger partial charge < -0.3 is 9.84 Å². The van der Waals surface area contributed by atoms with Crippen LogP contribution in [0.5, 0.6) is 0 Å². The van der Waals surface area contributed by atoms with Crippen molar-refractivity contribution >= 4 is 17.7 Å². The molecule has 1 rings (SSSR count). The first-order valence-electron chi connectivity index (χ1n) is 5.53. The fourth-order valence-corrected chi connectivity index (χ4v) is 3.52. The Hall–Kier alpha value is -0.260. The van der Waals surface area contributed by atoms with Gasteiger partial charge in [-0.25, -0.2) is 4.79 Å². The average molecular weight is 247 g/mol. The van der Waals surface area contributed by atoms with Gasteiger partial charge in [0.25, 0.3) is 0 Å². The van der Waals surface area contributed by atoms with Gasteiger partial charge in [0.15, 0.2) is 5.60 Å². The summed E-state index contributed by atoms with van der Waals surface area (Å²) in [4.78, 5) is 13.5. The smallest absolute Gasteiger partial charge is 0.338 e. The quantitative estimate of drug-likeness (QED) is 0.745. The van der Waals surface area contributed by atoms with Crippen LogP contribution < -0.4 is 0 Å². The number of methoxy groups -OCH3 is 1. The summed E-state index contributed by atoms with van der Waals surface area (Å²) in [5.74, 6) is -0.564. The Labute approximate surface area is 101 Å². The maximum absolute atomic E-state index is 11.4. The molecule has 0 aromatic rings. The lowest BCUT2D eigenvalue weighted by atomic mass is 10.1. The lowest BCUT2D eigenvalue weighted by Crippen LogP contribution is -2.51. The van der Waals surface area contributed by atoms with Crippen molar-refractivity contribution in [2.24, 2.45) is 0 Å². The van der Waals surface area contributed by atoms with E-state index in [1.165, 1.54) is 14.0 Å². The van der Waals surface area contributed by atoms with E-state index in [9.17, 15) is 9.90 Å². The third-order valence-electron chi connectivity index (χ3n) is 2.65. The van der Waals surface area contributed by atoms with Crippen LogP contribution in [0.2, 0.25) is 0 Å². The summed E-state index contributed by atoms with van der Waals surface area (Å²) in [5, 5.41) is 11.1. The normalized spacial score (nSPS) is 30.8. The summed E-state index contributed by atoms with van der Waals surface area (Å²) in [6.45, 7) is 8.00. The van der Waals surface area contributed by atoms with Crippen LogP contribution in [0.4, 0.5) is 0 Å². The van der Waals surface area contributed by atoms with Gasteiger partial charge in [0, 0.05) is 30.1 Å². The molecule has 1 N–H and O–H groups in total. The van der Waals surface area contributed by atoms with E-state index < -0.39 is 11.6 Å². The highest BCUT2D eigenvalue weighted by molar-refractivity contribution is 8.00. The van der Waals surface area contributed by atoms with E-state index in [0.717, 1.165) is 13.1 Å². The van der Waals surface area contributed by atoms with Gasteiger partial charge in [-0.15, -0.1) is 0 Å². The molecule has 0 radical (unpaired) electrons. The Morgan fingerprint density at radius 1 is 1.50 bits per heavy atom. The number of carbonyl (C=O) groups is 1. The zero-order valence-electron chi connectivity index (χ0n) is 10.4. The number of thioether (sulfide) groups is 1. The molecule has 1 heterocycles. The molecule has 4 nitrogen and oxygen atoms in total. The van der Waals surface area contributed by atoms with E-state index in [1.54, 1.807) is 0 Å². The van der Waals surface area contributed by atoms with Gasteiger partial charge in [0.1, 0.15) is 0 Å². The summed E-state index contributed by atoms with van der Waals surface area (Å²) in [6, 6.07) is 0. The van der Waals surface area contributed by atoms with E-state index >= 15 is 0 Å². The number of esters is 1. The first kappa shape index (κ1) is 13.8. The van der Waals surface area contributed by atoms with Crippen molar-refractivity contribution in [1.29, 1.82) is 0 Å². The molecule has 0 aromatic heterocycles. The molecule has 0 aromatic carbocycles. The summed E-state index contributed by atoms with van der Waals surface area (Å²) in [6.07, 6.45) is 0. The lowest BCUT2D eigenvalue weighted by Gasteiger charge is -2.37. The molecule has 0 spiro atoms. The monoisotopic (exact) mass is 247 g/mol. The van der Waals surface area contributed by atoms with Crippen LogP contribution in [0, 0.1) is 0 Å². The summed E-state index contributed by atoms with van der Waals surface area (Å²) in [7, 11) is 1.30. The Morgan fingerprint density at radius 3 is 2.44 bits per heavy atom. The maximum atomic E-state index is 11.4. The molecule has 1 aliphatic heterocycles. The molecule has 3 atom stereocenters. The largest absolute Gasteiger partial charge is 0.467 e. The zero-order valence-corrected chi connectivity index (χ0v) is 11.2. The zero-order chi connectivity index (χ0) is 12.3. The molecule has 1 aliphatic rings. The second-order valence-electron chi connectivity index (χ2n) is 4.72. The van der Waals surface area contributed by atoms with E-state index in [4.69, 9.17) is 0 Å². The number of rotatable bonds is 3. The van der Waals surface area contributed by atoms with Crippen LogP contribution in [-0.4, -0.2) is 58.8 Å². The number of β-amino-alcohol motifs (C(OH)–C–C–N with tert-alkyl or cyclic N) is 1. The highest BCUT2D eigenvalue weighted by atomic mass is 32.2. The third-order valence-corrected chi connectivity index (χ3v) is 3.88. The molecule has 94 valence electrons. The molecule has 0 saturated carbocycles. The topological polar surface area (TPSA) is 49.8 Å². The number of ether oxygens (including phenoxy) is 1. The minimum Gasteiger partial charge on any atom is -0.467 e. The molecule has 16 heavy (non-hydrogen) atoms. The first-order chi connectivity index (χ1) is 7.35. The third kappa shape index (κ3) is 3.64. The molecule has 1 saturated heterocycles. The molecule has 1 fully saturated rings. The van der Waals surface area contributed by atoms with E-state index in [-0.39, 0.29) is 0 Å². The van der Waals surface area contributed by atoms with E-state index in [2.05, 4.69) is 23.5 Å². The lowest BCUT2D eigenvalue weighted by molar-refractivity contribution is -0.162. The molecular weight excluding hydrogens is 226 g/mol. The van der Waals surface area contributed by atoms with Gasteiger partial charge in [-0.1, -0.05) is 13.8 Å². The van der Waals surface area contributed by atoms with Gasteiger partial charge in [0.2, 0.25) is 0 Å². The molecule has 0 amide bonds. The van der Waals surface area contributed by atoms with Crippen LogP contribution in [-0.2, 0) is 9.53 Å². The van der Waals surface area contributed by atoms with Crippen molar-refractivity contribution in [3.05, 3.63) is 0 Å². The number of aliphatic hydroxyl groups is 1. The van der Waals surface area contributed by atoms with Crippen LogP contribution >= 0.6 is 11.8 Å². The van der Waals surface area contributed by atoms with Crippen LogP contribution in [0.1, 0.15) is 20.8 Å². The SMILES string of the molecule is COC(=O)C(C)(O)CN1CC(C)SC(C)C1. The Morgan fingerprint density at radius 2 is 2.00 bits per heavy atom. The van der Waals surface area contributed by atoms with Gasteiger partial charge in [0.05, 0.1) is 7.11 Å². The Balaban J connectivity index is 2.56. The fraction of sp³-hybridized carbons (Fsp3) is 0.909. The summed E-state index contributed by atoms with van der Waals surface area (Å²) >= 11 is 1.95. The number of carbonyl (C=O) groups excluding carboxylic acids is 1. The number of hydrogen-bond acceptors (Lipinski definition) is 5. The fourth-order valence-electron chi connectivity index (χ4n) is 2.13. The first-order valence-corrected chi connectivity index (χ1v) is 6.48. The van der Waals surface area contributed by atoms with Crippen LogP contribution in [0.25, 0.3) is 0 Å². The van der Waals surface area contributed by atoms with Crippen molar-refractivity contribution in [2.45, 2.75) is 36.9 Å². The Bertz CT molecular complexity index is 248. The molecule has 5 heteroatoms. The van der Waals surface area contributed by atoms with Gasteiger partial charge in [-0.2, -0.15) is 11.8 Å². The predicted octanol–water partition coefficient (Wildman–Crippen LogP) is 0.736. The van der Waals surface area contributed by atoms with Gasteiger partial charge in [-0.3, -0.25) is 4.90 Å². The average Bonchev–Trinajstić information content (AvgIpc) is 2.13. The number of hydrogen-bond donors (Lipinski definition) is 1. The van der Waals surface area contributed by atoms with Crippen molar-refractivity contribution in [1.82, 2.24) is 4.90 Å². The highest BCUT2D eigenvalue weighted by Crippen LogP contribution is 2.25. The van der Waals surface area contributed by atoms with Crippen LogP contribution in [0.15, 0.2) is 0 Å². The molecule has 0 bridgehead atoms. The van der Waals surface area contributed by atoms with Gasteiger partial charge in [-0.05, 0) is 6.92 Å². The van der Waals surface area contributed by atoms with Crippen molar-refractivity contribution in [3.8, 4) is 0 Å². The van der Waals surface area contributed by atoms with Gasteiger partial charge >= 0.3 is 5.97 Å². The second kappa shape index (κ2) is 5.38. The summed E-state index contributed by atoms with van der Waals surface area (Å²) < 4.78 is 4.59. The van der Waals surface area contributed by atoms with Crippen molar-refractivity contribution in [2.75, 3.05) is 26.7 Å². The standard InChI is InChI=1S/C11H21NO3S/c1-8-5-12(6-9(2)16-8)7-11(3,14)10(13)15-4/h8-9,14H,5-7H2,1-4H3.